The van der Waals surface area contributed by atoms with Crippen LogP contribution in [0.4, 0.5) is 5.82 Å². The van der Waals surface area contributed by atoms with Crippen molar-refractivity contribution in [2.75, 3.05) is 5.73 Å². The fourth-order valence-electron chi connectivity index (χ4n) is 2.15. The normalized spacial score (nSPS) is 10.8. The second-order valence-corrected chi connectivity index (χ2v) is 5.62. The van der Waals surface area contributed by atoms with Crippen molar-refractivity contribution < 1.29 is 0 Å². The number of thiophene rings is 1. The Hall–Kier alpha value is -2.07. The van der Waals surface area contributed by atoms with Crippen LogP contribution in [0.3, 0.4) is 0 Å². The number of rotatable bonds is 3. The largest absolute Gasteiger partial charge is 0.382 e. The number of nitrogens with two attached hydrogens (primary N) is 1. The molecule has 0 aliphatic heterocycles. The first-order chi connectivity index (χ1) is 9.24. The second kappa shape index (κ2) is 4.90. The number of nitrogens with zero attached hydrogens (tertiary/aromatic N) is 1. The van der Waals surface area contributed by atoms with Crippen molar-refractivity contribution in [1.29, 1.82) is 0 Å². The molecule has 0 saturated heterocycles. The Morgan fingerprint density at radius 1 is 1.21 bits per heavy atom. The van der Waals surface area contributed by atoms with Crippen molar-refractivity contribution in [3.8, 4) is 11.1 Å². The van der Waals surface area contributed by atoms with Gasteiger partial charge in [0.15, 0.2) is 5.82 Å². The van der Waals surface area contributed by atoms with Gasteiger partial charge in [-0.1, -0.05) is 35.9 Å². The van der Waals surface area contributed by atoms with Crippen LogP contribution in [0.1, 0.15) is 16.1 Å². The van der Waals surface area contributed by atoms with E-state index in [0.29, 0.717) is 5.82 Å². The van der Waals surface area contributed by atoms with Crippen LogP contribution in [0.2, 0.25) is 0 Å². The summed E-state index contributed by atoms with van der Waals surface area (Å²) in [6, 6.07) is 12.6. The minimum Gasteiger partial charge on any atom is -0.382 e. The van der Waals surface area contributed by atoms with E-state index in [-0.39, 0.29) is 0 Å². The van der Waals surface area contributed by atoms with Crippen LogP contribution >= 0.6 is 11.3 Å². The molecule has 0 aliphatic rings. The number of H-pyrrole nitrogens is 1. The molecule has 1 aromatic carbocycles. The first-order valence-corrected chi connectivity index (χ1v) is 7.04. The number of aromatic amines is 1. The lowest BCUT2D eigenvalue weighted by Crippen LogP contribution is -1.91. The van der Waals surface area contributed by atoms with Crippen molar-refractivity contribution in [2.24, 2.45) is 0 Å². The van der Waals surface area contributed by atoms with Gasteiger partial charge in [-0.05, 0) is 23.9 Å². The zero-order valence-corrected chi connectivity index (χ0v) is 11.5. The molecule has 0 saturated carbocycles. The SMILES string of the molecule is Cc1ccc(-c2c(N)n[nH]c2Cc2cccs2)cc1. The van der Waals surface area contributed by atoms with Crippen molar-refractivity contribution in [3.63, 3.8) is 0 Å². The molecule has 3 rings (SSSR count). The molecular formula is C15H15N3S. The van der Waals surface area contributed by atoms with Crippen molar-refractivity contribution >= 4 is 17.2 Å². The van der Waals surface area contributed by atoms with E-state index in [1.807, 2.05) is 0 Å². The summed E-state index contributed by atoms with van der Waals surface area (Å²) in [4.78, 5) is 1.30. The predicted molar refractivity (Wildman–Crippen MR) is 80.3 cm³/mol. The van der Waals surface area contributed by atoms with Crippen LogP contribution < -0.4 is 5.73 Å². The Morgan fingerprint density at radius 2 is 2.00 bits per heavy atom. The molecule has 3 aromatic rings. The smallest absolute Gasteiger partial charge is 0.153 e. The summed E-state index contributed by atoms with van der Waals surface area (Å²) in [5.74, 6) is 0.565. The highest BCUT2D eigenvalue weighted by atomic mass is 32.1. The van der Waals surface area contributed by atoms with E-state index in [0.717, 1.165) is 23.2 Å². The Labute approximate surface area is 116 Å². The number of hydrogen-bond donors (Lipinski definition) is 2. The highest BCUT2D eigenvalue weighted by Crippen LogP contribution is 2.30. The van der Waals surface area contributed by atoms with Crippen LogP contribution in [0, 0.1) is 6.92 Å². The lowest BCUT2D eigenvalue weighted by molar-refractivity contribution is 1.01. The molecule has 0 atom stereocenters. The quantitative estimate of drug-likeness (QED) is 0.763. The summed E-state index contributed by atoms with van der Waals surface area (Å²) in [5, 5.41) is 9.29. The molecule has 19 heavy (non-hydrogen) atoms. The standard InChI is InChI=1S/C15H15N3S/c1-10-4-6-11(7-5-10)14-13(17-18-15(14)16)9-12-3-2-8-19-12/h2-8H,9H2,1H3,(H3,16,17,18). The molecule has 0 amide bonds. The maximum atomic E-state index is 6.00. The van der Waals surface area contributed by atoms with Gasteiger partial charge in [-0.15, -0.1) is 11.3 Å². The molecule has 0 radical (unpaired) electrons. The van der Waals surface area contributed by atoms with Crippen LogP contribution in [-0.2, 0) is 6.42 Å². The fourth-order valence-corrected chi connectivity index (χ4v) is 2.87. The molecule has 3 nitrogen and oxygen atoms in total. The Bertz CT molecular complexity index is 666. The highest BCUT2D eigenvalue weighted by Gasteiger charge is 2.13. The molecule has 0 fully saturated rings. The first kappa shape index (κ1) is 12.0. The van der Waals surface area contributed by atoms with Gasteiger partial charge in [0.05, 0.1) is 5.69 Å². The van der Waals surface area contributed by atoms with E-state index < -0.39 is 0 Å². The van der Waals surface area contributed by atoms with Gasteiger partial charge in [-0.2, -0.15) is 5.10 Å². The van der Waals surface area contributed by atoms with E-state index in [1.54, 1.807) is 11.3 Å². The van der Waals surface area contributed by atoms with Gasteiger partial charge < -0.3 is 5.73 Å². The van der Waals surface area contributed by atoms with E-state index in [4.69, 9.17) is 5.73 Å². The lowest BCUT2D eigenvalue weighted by Gasteiger charge is -2.04. The summed E-state index contributed by atoms with van der Waals surface area (Å²) in [6.45, 7) is 2.08. The van der Waals surface area contributed by atoms with Gasteiger partial charge in [-0.3, -0.25) is 5.10 Å². The minimum absolute atomic E-state index is 0.565. The molecule has 2 heterocycles. The minimum atomic E-state index is 0.565. The summed E-state index contributed by atoms with van der Waals surface area (Å²) < 4.78 is 0. The third kappa shape index (κ3) is 2.39. The van der Waals surface area contributed by atoms with Gasteiger partial charge >= 0.3 is 0 Å². The van der Waals surface area contributed by atoms with E-state index in [1.165, 1.54) is 10.4 Å². The van der Waals surface area contributed by atoms with E-state index in [9.17, 15) is 0 Å². The van der Waals surface area contributed by atoms with E-state index >= 15 is 0 Å². The molecule has 0 unspecified atom stereocenters. The number of nitrogen functional groups attached to an aromatic ring is 1. The second-order valence-electron chi connectivity index (χ2n) is 4.58. The average Bonchev–Trinajstić information content (AvgIpc) is 3.02. The third-order valence-corrected chi connectivity index (χ3v) is 4.02. The van der Waals surface area contributed by atoms with E-state index in [2.05, 4.69) is 58.9 Å². The molecule has 0 bridgehead atoms. The van der Waals surface area contributed by atoms with Crippen LogP contribution in [0.15, 0.2) is 41.8 Å². The van der Waals surface area contributed by atoms with Gasteiger partial charge in [0.2, 0.25) is 0 Å². The first-order valence-electron chi connectivity index (χ1n) is 6.16. The molecule has 3 N–H and O–H groups in total. The summed E-state index contributed by atoms with van der Waals surface area (Å²) in [7, 11) is 0. The van der Waals surface area contributed by atoms with Crippen molar-refractivity contribution in [1.82, 2.24) is 10.2 Å². The molecule has 0 aliphatic carbocycles. The van der Waals surface area contributed by atoms with Gasteiger partial charge in [-0.25, -0.2) is 0 Å². The number of hydrogen-bond acceptors (Lipinski definition) is 3. The maximum Gasteiger partial charge on any atom is 0.153 e. The van der Waals surface area contributed by atoms with Crippen molar-refractivity contribution in [2.45, 2.75) is 13.3 Å². The average molecular weight is 269 g/mol. The number of nitrogens with one attached hydrogen (secondary N) is 1. The number of aryl methyl sites for hydroxylation is 1. The van der Waals surface area contributed by atoms with Crippen molar-refractivity contribution in [3.05, 3.63) is 57.9 Å². The Balaban J connectivity index is 2.01. The monoisotopic (exact) mass is 269 g/mol. The lowest BCUT2D eigenvalue weighted by atomic mass is 10.0. The third-order valence-electron chi connectivity index (χ3n) is 3.14. The fraction of sp³-hybridized carbons (Fsp3) is 0.133. The molecule has 2 aromatic heterocycles. The molecule has 4 heteroatoms. The zero-order chi connectivity index (χ0) is 13.2. The molecule has 96 valence electrons. The molecule has 0 spiro atoms. The van der Waals surface area contributed by atoms with Crippen LogP contribution in [0.25, 0.3) is 11.1 Å². The maximum absolute atomic E-state index is 6.00. The van der Waals surface area contributed by atoms with Gasteiger partial charge in [0, 0.05) is 16.9 Å². The number of aromatic nitrogens is 2. The summed E-state index contributed by atoms with van der Waals surface area (Å²) in [6.07, 6.45) is 0.838. The molecular weight excluding hydrogens is 254 g/mol. The summed E-state index contributed by atoms with van der Waals surface area (Å²) >= 11 is 1.74. The van der Waals surface area contributed by atoms with Crippen LogP contribution in [0.5, 0.6) is 0 Å². The Morgan fingerprint density at radius 3 is 2.68 bits per heavy atom. The highest BCUT2D eigenvalue weighted by molar-refractivity contribution is 7.09. The van der Waals surface area contributed by atoms with Gasteiger partial charge in [0.1, 0.15) is 0 Å². The van der Waals surface area contributed by atoms with Gasteiger partial charge in [0.25, 0.3) is 0 Å². The predicted octanol–water partition coefficient (Wildman–Crippen LogP) is 3.62. The Kier molecular flexibility index (Phi) is 3.09. The van der Waals surface area contributed by atoms with Crippen LogP contribution in [-0.4, -0.2) is 10.2 Å². The summed E-state index contributed by atoms with van der Waals surface area (Å²) in [5.41, 5.74) is 10.5. The zero-order valence-electron chi connectivity index (χ0n) is 10.7. The number of anilines is 1. The number of benzene rings is 1. The topological polar surface area (TPSA) is 54.7 Å².